The molecule has 8 heteroatoms. The average molecular weight is 485 g/mol. The van der Waals surface area contributed by atoms with Gasteiger partial charge in [0, 0.05) is 13.5 Å². The van der Waals surface area contributed by atoms with Crippen LogP contribution in [-0.4, -0.2) is 40.8 Å². The maximum atomic E-state index is 13.2. The van der Waals surface area contributed by atoms with Gasteiger partial charge in [-0.05, 0) is 41.0 Å². The molecule has 0 bridgehead atoms. The molecule has 3 aromatic carbocycles. The number of H-pyrrole nitrogens is 1. The number of amides is 2. The molecule has 0 saturated heterocycles. The number of nitrogens with zero attached hydrogens (tertiary/aromatic N) is 1. The van der Waals surface area contributed by atoms with Crippen molar-refractivity contribution < 1.29 is 19.4 Å². The maximum Gasteiger partial charge on any atom is 0.255 e. The Balaban J connectivity index is 1.62. The summed E-state index contributed by atoms with van der Waals surface area (Å²) in [4.78, 5) is 24.4. The highest BCUT2D eigenvalue weighted by molar-refractivity contribution is 6.05. The lowest BCUT2D eigenvalue weighted by Crippen LogP contribution is -2.31. The average Bonchev–Trinajstić information content (AvgIpc) is 3.32. The molecule has 2 amide bonds. The van der Waals surface area contributed by atoms with Gasteiger partial charge in [0.25, 0.3) is 5.91 Å². The molecule has 4 N–H and O–H groups in total. The van der Waals surface area contributed by atoms with Crippen LogP contribution in [0.1, 0.15) is 45.7 Å². The van der Waals surface area contributed by atoms with Crippen molar-refractivity contribution in [3.63, 3.8) is 0 Å². The smallest absolute Gasteiger partial charge is 0.255 e. The summed E-state index contributed by atoms with van der Waals surface area (Å²) in [5, 5.41) is 23.6. The predicted molar refractivity (Wildman–Crippen MR) is 139 cm³/mol. The number of benzene rings is 3. The summed E-state index contributed by atoms with van der Waals surface area (Å²) in [7, 11) is 1.51. The Labute approximate surface area is 209 Å². The van der Waals surface area contributed by atoms with E-state index in [1.807, 2.05) is 66.7 Å². The zero-order chi connectivity index (χ0) is 25.5. The molecule has 0 saturated carbocycles. The van der Waals surface area contributed by atoms with Crippen molar-refractivity contribution >= 4 is 34.9 Å². The van der Waals surface area contributed by atoms with Gasteiger partial charge < -0.3 is 20.5 Å². The Morgan fingerprint density at radius 1 is 1.08 bits per heavy atom. The number of aliphatic hydroxyl groups is 1. The van der Waals surface area contributed by atoms with Crippen LogP contribution < -0.4 is 15.4 Å². The second kappa shape index (κ2) is 11.3. The highest BCUT2D eigenvalue weighted by Crippen LogP contribution is 2.32. The van der Waals surface area contributed by atoms with Crippen molar-refractivity contribution in [3.8, 4) is 5.75 Å². The second-order valence-electron chi connectivity index (χ2n) is 8.29. The van der Waals surface area contributed by atoms with Crippen LogP contribution in [0.3, 0.4) is 0 Å². The number of carbonyl (C=O) groups is 2. The van der Waals surface area contributed by atoms with E-state index in [1.165, 1.54) is 14.0 Å². The molecule has 0 aliphatic heterocycles. The molecular weight excluding hydrogens is 456 g/mol. The van der Waals surface area contributed by atoms with Crippen LogP contribution in [0.15, 0.2) is 66.7 Å². The van der Waals surface area contributed by atoms with E-state index >= 15 is 0 Å². The summed E-state index contributed by atoms with van der Waals surface area (Å²) in [6, 6.07) is 20.0. The quantitative estimate of drug-likeness (QED) is 0.288. The minimum Gasteiger partial charge on any atom is -0.495 e. The number of nitrogens with one attached hydrogen (secondary N) is 3. The Morgan fingerprint density at radius 3 is 2.61 bits per heavy atom. The lowest BCUT2D eigenvalue weighted by atomic mass is 10.0. The number of fused-ring (bicyclic) bond motifs is 1. The molecule has 4 aromatic rings. The number of hydrogen-bond acceptors (Lipinski definition) is 5. The number of methoxy groups -OCH3 is 1. The van der Waals surface area contributed by atoms with Crippen LogP contribution in [0.2, 0.25) is 0 Å². The molecular formula is C28H28N4O4. The van der Waals surface area contributed by atoms with Crippen molar-refractivity contribution in [1.29, 1.82) is 0 Å². The Morgan fingerprint density at radius 2 is 1.89 bits per heavy atom. The molecule has 1 heterocycles. The van der Waals surface area contributed by atoms with Gasteiger partial charge in [0.1, 0.15) is 5.75 Å². The van der Waals surface area contributed by atoms with Gasteiger partial charge in [-0.3, -0.25) is 14.7 Å². The van der Waals surface area contributed by atoms with Crippen molar-refractivity contribution in [3.05, 3.63) is 94.7 Å². The fourth-order valence-electron chi connectivity index (χ4n) is 3.98. The molecule has 1 atom stereocenters. The summed E-state index contributed by atoms with van der Waals surface area (Å²) in [6.45, 7) is 1.70. The Bertz CT molecular complexity index is 1400. The topological polar surface area (TPSA) is 116 Å². The number of aromatic nitrogens is 2. The minimum absolute atomic E-state index is 0.0834. The number of ether oxygens (including phenoxy) is 1. The Kier molecular flexibility index (Phi) is 7.77. The van der Waals surface area contributed by atoms with Crippen LogP contribution >= 0.6 is 0 Å². The normalized spacial score (nSPS) is 12.0. The van der Waals surface area contributed by atoms with Crippen LogP contribution in [-0.2, 0) is 11.3 Å². The summed E-state index contributed by atoms with van der Waals surface area (Å²) in [6.07, 6.45) is 3.76. The van der Waals surface area contributed by atoms with Crippen molar-refractivity contribution in [1.82, 2.24) is 20.8 Å². The van der Waals surface area contributed by atoms with E-state index < -0.39 is 6.04 Å². The van der Waals surface area contributed by atoms with E-state index in [9.17, 15) is 14.7 Å². The first-order chi connectivity index (χ1) is 17.5. The first-order valence-corrected chi connectivity index (χ1v) is 11.5. The molecule has 0 spiro atoms. The van der Waals surface area contributed by atoms with Crippen LogP contribution in [0.5, 0.6) is 5.75 Å². The van der Waals surface area contributed by atoms with E-state index in [1.54, 1.807) is 12.1 Å². The van der Waals surface area contributed by atoms with E-state index in [4.69, 9.17) is 4.74 Å². The number of rotatable bonds is 9. The van der Waals surface area contributed by atoms with Crippen LogP contribution in [0.4, 0.5) is 0 Å². The predicted octanol–water partition coefficient (Wildman–Crippen LogP) is 3.84. The first kappa shape index (κ1) is 24.7. The second-order valence-corrected chi connectivity index (χ2v) is 8.29. The third-order valence-electron chi connectivity index (χ3n) is 5.78. The highest BCUT2D eigenvalue weighted by atomic mass is 16.5. The van der Waals surface area contributed by atoms with Gasteiger partial charge in [-0.15, -0.1) is 0 Å². The highest BCUT2D eigenvalue weighted by Gasteiger charge is 2.21. The summed E-state index contributed by atoms with van der Waals surface area (Å²) >= 11 is 0. The number of aromatic amines is 1. The van der Waals surface area contributed by atoms with Gasteiger partial charge >= 0.3 is 0 Å². The van der Waals surface area contributed by atoms with Gasteiger partial charge in [0.15, 0.2) is 0 Å². The summed E-state index contributed by atoms with van der Waals surface area (Å²) in [5.41, 5.74) is 4.41. The van der Waals surface area contributed by atoms with Crippen molar-refractivity contribution in [2.24, 2.45) is 0 Å². The third kappa shape index (κ3) is 5.61. The monoisotopic (exact) mass is 484 g/mol. The van der Waals surface area contributed by atoms with Crippen LogP contribution in [0.25, 0.3) is 23.1 Å². The molecule has 4 rings (SSSR count). The molecule has 36 heavy (non-hydrogen) atoms. The van der Waals surface area contributed by atoms with E-state index in [0.717, 1.165) is 22.2 Å². The van der Waals surface area contributed by atoms with Gasteiger partial charge in [-0.25, -0.2) is 0 Å². The molecule has 0 unspecified atom stereocenters. The molecule has 0 aliphatic carbocycles. The molecule has 0 fully saturated rings. The molecule has 0 aliphatic rings. The third-order valence-corrected chi connectivity index (χ3v) is 5.78. The lowest BCUT2D eigenvalue weighted by Gasteiger charge is -2.18. The summed E-state index contributed by atoms with van der Waals surface area (Å²) < 4.78 is 5.67. The van der Waals surface area contributed by atoms with Gasteiger partial charge in [-0.1, -0.05) is 54.6 Å². The van der Waals surface area contributed by atoms with Crippen LogP contribution in [0, 0.1) is 0 Å². The molecule has 0 radical (unpaired) electrons. The standard InChI is InChI=1S/C28H28N4O4/c1-18(34)29-16-20-8-6-7-19(15-20)11-13-23-26-24(32-31-23)14-12-22(27(26)36-2)28(35)30-25(17-33)21-9-4-3-5-10-21/h3-15,25,33H,16-17H2,1-2H3,(H,29,34)(H,30,35)(H,31,32)/b13-11+/t25-/m1/s1. The molecule has 184 valence electrons. The minimum atomic E-state index is -0.549. The van der Waals surface area contributed by atoms with Gasteiger partial charge in [0.05, 0.1) is 41.9 Å². The zero-order valence-electron chi connectivity index (χ0n) is 20.1. The fraction of sp³-hybridized carbons (Fsp3) is 0.179. The maximum absolute atomic E-state index is 13.2. The molecule has 1 aromatic heterocycles. The lowest BCUT2D eigenvalue weighted by molar-refractivity contribution is -0.119. The zero-order valence-corrected chi connectivity index (χ0v) is 20.1. The number of aliphatic hydroxyl groups excluding tert-OH is 1. The van der Waals surface area contributed by atoms with E-state index in [-0.39, 0.29) is 18.4 Å². The number of carbonyl (C=O) groups excluding carboxylic acids is 2. The summed E-state index contributed by atoms with van der Waals surface area (Å²) in [5.74, 6) is -0.0547. The van der Waals surface area contributed by atoms with E-state index in [2.05, 4.69) is 20.8 Å². The van der Waals surface area contributed by atoms with Crippen molar-refractivity contribution in [2.45, 2.75) is 19.5 Å². The largest absolute Gasteiger partial charge is 0.495 e. The molecule has 8 nitrogen and oxygen atoms in total. The number of hydrogen-bond donors (Lipinski definition) is 4. The van der Waals surface area contributed by atoms with Gasteiger partial charge in [0.2, 0.25) is 5.91 Å². The first-order valence-electron chi connectivity index (χ1n) is 11.5. The van der Waals surface area contributed by atoms with Crippen molar-refractivity contribution in [2.75, 3.05) is 13.7 Å². The SMILES string of the molecule is COc1c(C(=O)N[C@H](CO)c2ccccc2)ccc2[nH]nc(/C=C/c3cccc(CNC(C)=O)c3)c12. The van der Waals surface area contributed by atoms with Gasteiger partial charge in [-0.2, -0.15) is 5.10 Å². The van der Waals surface area contributed by atoms with E-state index in [0.29, 0.717) is 28.9 Å². The fourth-order valence-corrected chi connectivity index (χ4v) is 3.98. The Hall–Kier alpha value is -4.43.